The van der Waals surface area contributed by atoms with E-state index in [0.29, 0.717) is 18.3 Å². The van der Waals surface area contributed by atoms with Crippen molar-refractivity contribution in [2.24, 2.45) is 0 Å². The normalized spacial score (nSPS) is 18.7. The second-order valence-electron chi connectivity index (χ2n) is 6.22. The average molecular weight is 317 g/mol. The second kappa shape index (κ2) is 7.06. The molecule has 1 aliphatic heterocycles. The van der Waals surface area contributed by atoms with Gasteiger partial charge in [0.15, 0.2) is 5.82 Å². The molecule has 23 heavy (non-hydrogen) atoms. The lowest BCUT2D eigenvalue weighted by atomic mass is 10.3. The highest BCUT2D eigenvalue weighted by Gasteiger charge is 2.25. The average Bonchev–Trinajstić information content (AvgIpc) is 3.08. The third kappa shape index (κ3) is 4.49. The van der Waals surface area contributed by atoms with E-state index in [1.165, 1.54) is 0 Å². The number of aromatic nitrogens is 3. The summed E-state index contributed by atoms with van der Waals surface area (Å²) in [5.74, 6) is 2.23. The van der Waals surface area contributed by atoms with Crippen LogP contribution in [0.3, 0.4) is 0 Å². The predicted molar refractivity (Wildman–Crippen MR) is 85.0 cm³/mol. The van der Waals surface area contributed by atoms with Crippen molar-refractivity contribution >= 4 is 0 Å². The predicted octanol–water partition coefficient (Wildman–Crippen LogP) is 1.49. The van der Waals surface area contributed by atoms with Gasteiger partial charge in [-0.25, -0.2) is 0 Å². The van der Waals surface area contributed by atoms with Crippen molar-refractivity contribution in [2.45, 2.75) is 32.5 Å². The molecule has 2 aromatic rings. The van der Waals surface area contributed by atoms with Crippen molar-refractivity contribution in [1.82, 2.24) is 24.9 Å². The molecule has 124 valence electrons. The highest BCUT2D eigenvalue weighted by Crippen LogP contribution is 2.20. The Hall–Kier alpha value is -1.99. The van der Waals surface area contributed by atoms with Gasteiger partial charge in [-0.15, -0.1) is 0 Å². The molecule has 0 aromatic carbocycles. The van der Waals surface area contributed by atoms with Crippen molar-refractivity contribution in [3.05, 3.63) is 35.7 Å². The Morgan fingerprint density at radius 2 is 2.30 bits per heavy atom. The van der Waals surface area contributed by atoms with Gasteiger partial charge in [-0.05, 0) is 33.5 Å². The Morgan fingerprint density at radius 1 is 1.43 bits per heavy atom. The summed E-state index contributed by atoms with van der Waals surface area (Å²) < 4.78 is 11.3. The third-order valence-electron chi connectivity index (χ3n) is 3.73. The SMILES string of the molecule is Cc1noc(CN2CCC(Oc3ccnc(CN(C)C)c3)C2)n1. The molecule has 7 heteroatoms. The first-order valence-electron chi connectivity index (χ1n) is 7.86. The zero-order chi connectivity index (χ0) is 16.2. The van der Waals surface area contributed by atoms with Crippen LogP contribution in [-0.4, -0.2) is 58.2 Å². The molecule has 0 amide bonds. The highest BCUT2D eigenvalue weighted by atomic mass is 16.5. The molecular formula is C16H23N5O2. The Morgan fingerprint density at radius 3 is 3.04 bits per heavy atom. The van der Waals surface area contributed by atoms with Gasteiger partial charge < -0.3 is 14.2 Å². The van der Waals surface area contributed by atoms with E-state index in [-0.39, 0.29) is 6.10 Å². The minimum atomic E-state index is 0.189. The maximum absolute atomic E-state index is 6.10. The Balaban J connectivity index is 1.53. The van der Waals surface area contributed by atoms with Crippen LogP contribution in [0.4, 0.5) is 0 Å². The standard InChI is InChI=1S/C16H23N5O2/c1-12-18-16(23-19-12)11-21-7-5-15(10-21)22-14-4-6-17-13(8-14)9-20(2)3/h4,6,8,15H,5,7,9-11H2,1-3H3. The van der Waals surface area contributed by atoms with Crippen molar-refractivity contribution in [1.29, 1.82) is 0 Å². The van der Waals surface area contributed by atoms with Crippen molar-refractivity contribution < 1.29 is 9.26 Å². The maximum atomic E-state index is 6.10. The number of hydrogen-bond donors (Lipinski definition) is 0. The molecule has 0 bridgehead atoms. The molecule has 1 aliphatic rings. The molecule has 1 unspecified atom stereocenters. The Labute approximate surface area is 136 Å². The van der Waals surface area contributed by atoms with Crippen molar-refractivity contribution in [2.75, 3.05) is 27.2 Å². The minimum Gasteiger partial charge on any atom is -0.489 e. The lowest BCUT2D eigenvalue weighted by Crippen LogP contribution is -2.24. The van der Waals surface area contributed by atoms with E-state index in [4.69, 9.17) is 9.26 Å². The van der Waals surface area contributed by atoms with Crippen LogP contribution in [0, 0.1) is 6.92 Å². The van der Waals surface area contributed by atoms with Gasteiger partial charge in [0.25, 0.3) is 0 Å². The van der Waals surface area contributed by atoms with Gasteiger partial charge in [0.05, 0.1) is 12.2 Å². The molecular weight excluding hydrogens is 294 g/mol. The summed E-state index contributed by atoms with van der Waals surface area (Å²) in [6, 6.07) is 3.94. The first kappa shape index (κ1) is 15.9. The Kier molecular flexibility index (Phi) is 4.88. The van der Waals surface area contributed by atoms with Gasteiger partial charge in [0.2, 0.25) is 5.89 Å². The van der Waals surface area contributed by atoms with Gasteiger partial charge in [-0.2, -0.15) is 4.98 Å². The fourth-order valence-corrected chi connectivity index (χ4v) is 2.76. The summed E-state index contributed by atoms with van der Waals surface area (Å²) in [7, 11) is 4.06. The summed E-state index contributed by atoms with van der Waals surface area (Å²) in [6.45, 7) is 5.17. The minimum absolute atomic E-state index is 0.189. The van der Waals surface area contributed by atoms with Crippen LogP contribution in [0.15, 0.2) is 22.9 Å². The van der Waals surface area contributed by atoms with E-state index in [9.17, 15) is 0 Å². The number of hydrogen-bond acceptors (Lipinski definition) is 7. The van der Waals surface area contributed by atoms with Gasteiger partial charge in [0, 0.05) is 31.9 Å². The summed E-state index contributed by atoms with van der Waals surface area (Å²) in [5.41, 5.74) is 1.02. The summed E-state index contributed by atoms with van der Waals surface area (Å²) in [4.78, 5) is 13.0. The molecule has 0 aliphatic carbocycles. The topological polar surface area (TPSA) is 67.5 Å². The highest BCUT2D eigenvalue weighted by molar-refractivity contribution is 5.23. The molecule has 1 fully saturated rings. The molecule has 2 aromatic heterocycles. The molecule has 0 radical (unpaired) electrons. The lowest BCUT2D eigenvalue weighted by Gasteiger charge is -2.16. The summed E-state index contributed by atoms with van der Waals surface area (Å²) in [5, 5.41) is 3.82. The molecule has 0 spiro atoms. The maximum Gasteiger partial charge on any atom is 0.240 e. The number of likely N-dealkylation sites (tertiary alicyclic amines) is 1. The van der Waals surface area contributed by atoms with Gasteiger partial charge in [-0.3, -0.25) is 9.88 Å². The number of pyridine rings is 1. The lowest BCUT2D eigenvalue weighted by molar-refractivity contribution is 0.190. The third-order valence-corrected chi connectivity index (χ3v) is 3.73. The second-order valence-corrected chi connectivity index (χ2v) is 6.22. The smallest absolute Gasteiger partial charge is 0.240 e. The van der Waals surface area contributed by atoms with Crippen LogP contribution in [0.25, 0.3) is 0 Å². The first-order chi connectivity index (χ1) is 11.1. The Bertz CT molecular complexity index is 643. The van der Waals surface area contributed by atoms with Crippen LogP contribution >= 0.6 is 0 Å². The van der Waals surface area contributed by atoms with Crippen LogP contribution < -0.4 is 4.74 Å². The van der Waals surface area contributed by atoms with Crippen molar-refractivity contribution in [3.63, 3.8) is 0 Å². The quantitative estimate of drug-likeness (QED) is 0.799. The number of aryl methyl sites for hydroxylation is 1. The van der Waals surface area contributed by atoms with Gasteiger partial charge in [0.1, 0.15) is 11.9 Å². The zero-order valence-electron chi connectivity index (χ0n) is 13.9. The van der Waals surface area contributed by atoms with Crippen LogP contribution in [-0.2, 0) is 13.1 Å². The van der Waals surface area contributed by atoms with E-state index < -0.39 is 0 Å². The zero-order valence-corrected chi connectivity index (χ0v) is 13.9. The number of nitrogens with zero attached hydrogens (tertiary/aromatic N) is 5. The van der Waals surface area contributed by atoms with E-state index in [1.807, 2.05) is 39.3 Å². The fraction of sp³-hybridized carbons (Fsp3) is 0.562. The molecule has 0 saturated carbocycles. The van der Waals surface area contributed by atoms with Crippen LogP contribution in [0.1, 0.15) is 23.8 Å². The monoisotopic (exact) mass is 317 g/mol. The largest absolute Gasteiger partial charge is 0.489 e. The van der Waals surface area contributed by atoms with Crippen LogP contribution in [0.5, 0.6) is 5.75 Å². The number of rotatable bonds is 6. The van der Waals surface area contributed by atoms with E-state index in [2.05, 4.69) is 24.9 Å². The first-order valence-corrected chi connectivity index (χ1v) is 7.86. The van der Waals surface area contributed by atoms with Crippen molar-refractivity contribution in [3.8, 4) is 5.75 Å². The molecule has 7 nitrogen and oxygen atoms in total. The van der Waals surface area contributed by atoms with Gasteiger partial charge in [-0.1, -0.05) is 5.16 Å². The van der Waals surface area contributed by atoms with Gasteiger partial charge >= 0.3 is 0 Å². The van der Waals surface area contributed by atoms with E-state index in [0.717, 1.165) is 37.5 Å². The summed E-state index contributed by atoms with van der Waals surface area (Å²) in [6.07, 6.45) is 2.99. The molecule has 1 saturated heterocycles. The fourth-order valence-electron chi connectivity index (χ4n) is 2.76. The molecule has 3 heterocycles. The van der Waals surface area contributed by atoms with E-state index in [1.54, 1.807) is 0 Å². The summed E-state index contributed by atoms with van der Waals surface area (Å²) >= 11 is 0. The molecule has 0 N–H and O–H groups in total. The molecule has 3 rings (SSSR count). The number of ether oxygens (including phenoxy) is 1. The van der Waals surface area contributed by atoms with E-state index >= 15 is 0 Å². The molecule has 1 atom stereocenters. The van der Waals surface area contributed by atoms with Crippen LogP contribution in [0.2, 0.25) is 0 Å².